The van der Waals surface area contributed by atoms with E-state index in [1.54, 1.807) is 22.4 Å². The minimum atomic E-state index is -0.532. The summed E-state index contributed by atoms with van der Waals surface area (Å²) in [5, 5.41) is 2.33. The van der Waals surface area contributed by atoms with E-state index in [0.29, 0.717) is 36.9 Å². The summed E-state index contributed by atoms with van der Waals surface area (Å²) in [4.78, 5) is 43.0. The summed E-state index contributed by atoms with van der Waals surface area (Å²) < 4.78 is 5.02. The second-order valence-electron chi connectivity index (χ2n) is 5.48. The fourth-order valence-corrected chi connectivity index (χ4v) is 3.24. The number of rotatable bonds is 9. The van der Waals surface area contributed by atoms with Crippen LogP contribution in [0.3, 0.4) is 0 Å². The zero-order valence-electron chi connectivity index (χ0n) is 14.0. The highest BCUT2D eigenvalue weighted by atomic mass is 32.1. The van der Waals surface area contributed by atoms with Crippen molar-refractivity contribution in [2.45, 2.75) is 19.3 Å². The van der Waals surface area contributed by atoms with Crippen LogP contribution in [-0.4, -0.2) is 53.9 Å². The summed E-state index contributed by atoms with van der Waals surface area (Å²) in [5.74, 6) is -0.788. The van der Waals surface area contributed by atoms with E-state index in [2.05, 4.69) is 18.1 Å². The van der Waals surface area contributed by atoms with Crippen LogP contribution < -0.4 is 4.90 Å². The van der Waals surface area contributed by atoms with Crippen molar-refractivity contribution in [1.29, 1.82) is 0 Å². The zero-order chi connectivity index (χ0) is 18.2. The zero-order valence-corrected chi connectivity index (χ0v) is 14.8. The molecule has 0 saturated carbocycles. The molecule has 0 aromatic carbocycles. The van der Waals surface area contributed by atoms with Gasteiger partial charge in [0, 0.05) is 31.4 Å². The molecule has 0 aliphatic carbocycles. The van der Waals surface area contributed by atoms with Crippen LogP contribution in [-0.2, 0) is 25.5 Å². The van der Waals surface area contributed by atoms with Gasteiger partial charge in [-0.25, -0.2) is 4.98 Å². The van der Waals surface area contributed by atoms with Gasteiger partial charge in [0.1, 0.15) is 0 Å². The third kappa shape index (κ3) is 5.25. The molecule has 0 unspecified atom stereocenters. The lowest BCUT2D eigenvalue weighted by atomic mass is 10.3. The molecule has 0 atom stereocenters. The molecule has 2 heterocycles. The Morgan fingerprint density at radius 3 is 2.68 bits per heavy atom. The maximum Gasteiger partial charge on any atom is 0.312 e. The van der Waals surface area contributed by atoms with E-state index in [9.17, 15) is 14.4 Å². The summed E-state index contributed by atoms with van der Waals surface area (Å²) in [5.41, 5.74) is 0.534. The van der Waals surface area contributed by atoms with Gasteiger partial charge < -0.3 is 9.64 Å². The number of nitrogens with zero attached hydrogens (tertiary/aromatic N) is 3. The van der Waals surface area contributed by atoms with Crippen LogP contribution >= 0.6 is 11.3 Å². The predicted octanol–water partition coefficient (Wildman–Crippen LogP) is 1.56. The largest absolute Gasteiger partial charge is 0.455 e. The molecule has 2 amide bonds. The molecule has 0 radical (unpaired) electrons. The number of carbonyl (C=O) groups is 3. The lowest BCUT2D eigenvalue weighted by Gasteiger charge is -2.18. The Kier molecular flexibility index (Phi) is 6.88. The van der Waals surface area contributed by atoms with Crippen LogP contribution in [0.15, 0.2) is 30.7 Å². The monoisotopic (exact) mass is 363 g/mol. The van der Waals surface area contributed by atoms with Gasteiger partial charge in [-0.1, -0.05) is 12.2 Å². The van der Waals surface area contributed by atoms with E-state index in [1.807, 2.05) is 0 Å². The minimum Gasteiger partial charge on any atom is -0.455 e. The normalized spacial score (nSPS) is 13.6. The van der Waals surface area contributed by atoms with Gasteiger partial charge >= 0.3 is 5.97 Å². The van der Waals surface area contributed by atoms with Gasteiger partial charge in [-0.3, -0.25) is 19.3 Å². The van der Waals surface area contributed by atoms with Gasteiger partial charge in [-0.05, 0) is 6.42 Å². The van der Waals surface area contributed by atoms with E-state index in [1.165, 1.54) is 16.2 Å². The number of carbonyl (C=O) groups excluding carboxylic acids is 3. The van der Waals surface area contributed by atoms with Crippen molar-refractivity contribution in [2.24, 2.45) is 0 Å². The number of esters is 1. The van der Waals surface area contributed by atoms with Crippen LogP contribution in [0.1, 0.15) is 18.5 Å². The van der Waals surface area contributed by atoms with Crippen molar-refractivity contribution < 1.29 is 19.1 Å². The first-order valence-electron chi connectivity index (χ1n) is 7.95. The van der Waals surface area contributed by atoms with E-state index in [-0.39, 0.29) is 24.8 Å². The van der Waals surface area contributed by atoms with Gasteiger partial charge in [0.05, 0.1) is 12.1 Å². The van der Waals surface area contributed by atoms with Crippen molar-refractivity contribution in [3.63, 3.8) is 0 Å². The maximum atomic E-state index is 12.0. The average molecular weight is 363 g/mol. The third-order valence-electron chi connectivity index (χ3n) is 3.58. The quantitative estimate of drug-likeness (QED) is 0.491. The van der Waals surface area contributed by atoms with Crippen LogP contribution in [0.25, 0.3) is 0 Å². The van der Waals surface area contributed by atoms with Crippen molar-refractivity contribution in [1.82, 2.24) is 9.88 Å². The van der Waals surface area contributed by atoms with Crippen LogP contribution in [0, 0.1) is 0 Å². The first kappa shape index (κ1) is 18.9. The molecule has 1 aromatic rings. The second kappa shape index (κ2) is 9.12. The Morgan fingerprint density at radius 1 is 1.36 bits per heavy atom. The van der Waals surface area contributed by atoms with Crippen LogP contribution in [0.5, 0.6) is 0 Å². The van der Waals surface area contributed by atoms with E-state index >= 15 is 0 Å². The molecule has 1 aromatic heterocycles. The fourth-order valence-electron chi connectivity index (χ4n) is 2.37. The van der Waals surface area contributed by atoms with Crippen molar-refractivity contribution >= 4 is 34.3 Å². The number of hydrogen-bond acceptors (Lipinski definition) is 6. The predicted molar refractivity (Wildman–Crippen MR) is 95.3 cm³/mol. The van der Waals surface area contributed by atoms with Crippen molar-refractivity contribution in [3.8, 4) is 0 Å². The average Bonchev–Trinajstić information content (AvgIpc) is 3.21. The highest BCUT2D eigenvalue weighted by molar-refractivity contribution is 7.14. The summed E-state index contributed by atoms with van der Waals surface area (Å²) in [7, 11) is 0. The number of anilines is 1. The maximum absolute atomic E-state index is 12.0. The molecule has 1 fully saturated rings. The first-order valence-corrected chi connectivity index (χ1v) is 8.83. The molecule has 2 rings (SSSR count). The number of aromatic nitrogens is 1. The highest BCUT2D eigenvalue weighted by Crippen LogP contribution is 2.25. The fraction of sp³-hybridized carbons (Fsp3) is 0.412. The number of ether oxygens (including phenoxy) is 1. The van der Waals surface area contributed by atoms with Crippen LogP contribution in [0.2, 0.25) is 0 Å². The Hall–Kier alpha value is -2.48. The standard InChI is InChI=1S/C17H21N3O4S/c1-3-7-19(8-4-2)15(22)11-24-16(23)10-13-12-25-17(18-13)20-9-5-6-14(20)21/h3-4,12H,1-2,5-11H2. The summed E-state index contributed by atoms with van der Waals surface area (Å²) in [6.07, 6.45) is 4.52. The van der Waals surface area contributed by atoms with Crippen molar-refractivity contribution in [2.75, 3.05) is 31.1 Å². The summed E-state index contributed by atoms with van der Waals surface area (Å²) in [6, 6.07) is 0. The number of amides is 2. The summed E-state index contributed by atoms with van der Waals surface area (Å²) in [6.45, 7) is 8.23. The van der Waals surface area contributed by atoms with Gasteiger partial charge in [0.15, 0.2) is 11.7 Å². The molecule has 134 valence electrons. The molecule has 1 aliphatic heterocycles. The first-order chi connectivity index (χ1) is 12.0. The molecule has 1 aliphatic rings. The Bertz CT molecular complexity index is 661. The topological polar surface area (TPSA) is 79.8 Å². The van der Waals surface area contributed by atoms with E-state index in [4.69, 9.17) is 4.74 Å². The molecule has 1 saturated heterocycles. The molecular weight excluding hydrogens is 342 g/mol. The highest BCUT2D eigenvalue weighted by Gasteiger charge is 2.24. The molecule has 0 N–H and O–H groups in total. The number of hydrogen-bond donors (Lipinski definition) is 0. The lowest BCUT2D eigenvalue weighted by Crippen LogP contribution is -2.35. The van der Waals surface area contributed by atoms with Crippen LogP contribution in [0.4, 0.5) is 5.13 Å². The Labute approximate surface area is 150 Å². The van der Waals surface area contributed by atoms with Crippen molar-refractivity contribution in [3.05, 3.63) is 36.4 Å². The molecule has 0 spiro atoms. The number of thiazole rings is 1. The third-order valence-corrected chi connectivity index (χ3v) is 4.49. The van der Waals surface area contributed by atoms with Gasteiger partial charge in [0.25, 0.3) is 5.91 Å². The summed E-state index contributed by atoms with van der Waals surface area (Å²) >= 11 is 1.32. The minimum absolute atomic E-state index is 0.0330. The van der Waals surface area contributed by atoms with E-state index < -0.39 is 5.97 Å². The SMILES string of the molecule is C=CCN(CC=C)C(=O)COC(=O)Cc1csc(N2CCCC2=O)n1. The smallest absolute Gasteiger partial charge is 0.312 e. The van der Waals surface area contributed by atoms with Gasteiger partial charge in [-0.2, -0.15) is 0 Å². The lowest BCUT2D eigenvalue weighted by molar-refractivity contribution is -0.151. The second-order valence-corrected chi connectivity index (χ2v) is 6.32. The van der Waals surface area contributed by atoms with Gasteiger partial charge in [-0.15, -0.1) is 24.5 Å². The molecule has 0 bridgehead atoms. The molecule has 25 heavy (non-hydrogen) atoms. The Morgan fingerprint density at radius 2 is 2.08 bits per heavy atom. The van der Waals surface area contributed by atoms with E-state index in [0.717, 1.165) is 6.42 Å². The Balaban J connectivity index is 1.83. The molecule has 8 heteroatoms. The molecular formula is C17H21N3O4S. The molecule has 7 nitrogen and oxygen atoms in total. The van der Waals surface area contributed by atoms with Gasteiger partial charge in [0.2, 0.25) is 5.91 Å².